The van der Waals surface area contributed by atoms with E-state index in [9.17, 15) is 24.8 Å². The highest BCUT2D eigenvalue weighted by Gasteiger charge is 2.35. The molecule has 140 valence electrons. The minimum Gasteiger partial charge on any atom is -0.502 e. The van der Waals surface area contributed by atoms with Crippen LogP contribution in [-0.2, 0) is 11.3 Å². The first-order valence-corrected chi connectivity index (χ1v) is 8.91. The molecule has 2 aromatic rings. The molecule has 0 unspecified atom stereocenters. The highest BCUT2D eigenvalue weighted by Crippen LogP contribution is 2.38. The summed E-state index contributed by atoms with van der Waals surface area (Å²) in [4.78, 5) is 36.0. The Morgan fingerprint density at radius 2 is 2.04 bits per heavy atom. The molecule has 1 fully saturated rings. The number of halogens is 1. The second-order valence-electron chi connectivity index (χ2n) is 5.66. The normalized spacial score (nSPS) is 15.1. The second-order valence-corrected chi connectivity index (χ2v) is 7.09. The molecule has 0 aromatic heterocycles. The van der Waals surface area contributed by atoms with E-state index in [0.717, 1.165) is 11.0 Å². The van der Waals surface area contributed by atoms with Gasteiger partial charge in [0, 0.05) is 16.7 Å². The number of hydrogen-bond acceptors (Lipinski definition) is 7. The number of nitro groups is 1. The molecule has 1 N–H and O–H groups in total. The zero-order valence-electron chi connectivity index (χ0n) is 14.0. The fraction of sp³-hybridized carbons (Fsp3) is 0.0556. The topological polar surface area (TPSA) is 125 Å². The van der Waals surface area contributed by atoms with Crippen molar-refractivity contribution in [2.24, 2.45) is 0 Å². The molecular weight excluding hydrogens is 406 g/mol. The zero-order chi connectivity index (χ0) is 20.4. The van der Waals surface area contributed by atoms with Gasteiger partial charge in [-0.2, -0.15) is 5.26 Å². The van der Waals surface area contributed by atoms with Crippen LogP contribution in [0, 0.1) is 21.4 Å². The number of aromatic hydroxyl groups is 1. The number of phenols is 1. The summed E-state index contributed by atoms with van der Waals surface area (Å²) < 4.78 is 0. The molecule has 1 heterocycles. The third-order valence-corrected chi connectivity index (χ3v) is 5.03. The molecule has 3 rings (SSSR count). The zero-order valence-corrected chi connectivity index (χ0v) is 15.5. The predicted molar refractivity (Wildman–Crippen MR) is 102 cm³/mol. The molecule has 2 amide bonds. The van der Waals surface area contributed by atoms with Crippen LogP contribution in [0.25, 0.3) is 6.08 Å². The third kappa shape index (κ3) is 3.69. The first kappa shape index (κ1) is 19.4. The number of imide groups is 1. The Labute approximate surface area is 167 Å². The van der Waals surface area contributed by atoms with Crippen molar-refractivity contribution in [3.8, 4) is 11.8 Å². The smallest absolute Gasteiger partial charge is 0.312 e. The second kappa shape index (κ2) is 7.72. The van der Waals surface area contributed by atoms with E-state index < -0.39 is 27.5 Å². The van der Waals surface area contributed by atoms with E-state index >= 15 is 0 Å². The molecule has 1 saturated heterocycles. The van der Waals surface area contributed by atoms with Gasteiger partial charge in [-0.3, -0.25) is 24.6 Å². The van der Waals surface area contributed by atoms with Crippen molar-refractivity contribution in [1.82, 2.24) is 4.90 Å². The lowest BCUT2D eigenvalue weighted by Gasteiger charge is -2.13. The monoisotopic (exact) mass is 415 g/mol. The summed E-state index contributed by atoms with van der Waals surface area (Å²) in [7, 11) is 0. The van der Waals surface area contributed by atoms with E-state index in [4.69, 9.17) is 16.9 Å². The summed E-state index contributed by atoms with van der Waals surface area (Å²) >= 11 is 6.47. The van der Waals surface area contributed by atoms with E-state index in [0.29, 0.717) is 22.9 Å². The van der Waals surface area contributed by atoms with E-state index in [1.807, 2.05) is 6.07 Å². The largest absolute Gasteiger partial charge is 0.502 e. The third-order valence-electron chi connectivity index (χ3n) is 3.91. The van der Waals surface area contributed by atoms with Crippen LogP contribution in [0.2, 0.25) is 5.02 Å². The summed E-state index contributed by atoms with van der Waals surface area (Å²) in [5.74, 6) is -1.29. The van der Waals surface area contributed by atoms with E-state index in [2.05, 4.69) is 0 Å². The Morgan fingerprint density at radius 3 is 2.71 bits per heavy atom. The van der Waals surface area contributed by atoms with Crippen molar-refractivity contribution in [2.45, 2.75) is 6.54 Å². The SMILES string of the molecule is N#Cc1ccccc1CN1C(=O)S/C(=C/c2cc(Cl)cc([N+](=O)[O-])c2O)C1=O. The van der Waals surface area contributed by atoms with Gasteiger partial charge in [-0.1, -0.05) is 29.8 Å². The summed E-state index contributed by atoms with van der Waals surface area (Å²) in [6, 6.07) is 10.8. The molecular formula is C18H10ClN3O5S. The van der Waals surface area contributed by atoms with Crippen molar-refractivity contribution in [3.63, 3.8) is 0 Å². The predicted octanol–water partition coefficient (Wildman–Crippen LogP) is 4.06. The molecule has 0 radical (unpaired) electrons. The fourth-order valence-corrected chi connectivity index (χ4v) is 3.62. The number of nitriles is 1. The van der Waals surface area contributed by atoms with Gasteiger partial charge in [0.15, 0.2) is 0 Å². The summed E-state index contributed by atoms with van der Waals surface area (Å²) in [6.07, 6.45) is 1.18. The van der Waals surface area contributed by atoms with Gasteiger partial charge in [0.05, 0.1) is 28.0 Å². The number of carbonyl (C=O) groups is 2. The van der Waals surface area contributed by atoms with Gasteiger partial charge in [0.1, 0.15) is 0 Å². The first-order chi connectivity index (χ1) is 13.3. The quantitative estimate of drug-likeness (QED) is 0.453. The van der Waals surface area contributed by atoms with Gasteiger partial charge in [-0.25, -0.2) is 0 Å². The summed E-state index contributed by atoms with van der Waals surface area (Å²) in [5.41, 5.74) is 0.187. The van der Waals surface area contributed by atoms with E-state index in [-0.39, 0.29) is 22.0 Å². The fourth-order valence-electron chi connectivity index (χ4n) is 2.57. The maximum atomic E-state index is 12.6. The minimum atomic E-state index is -0.802. The van der Waals surface area contributed by atoms with Crippen LogP contribution < -0.4 is 0 Å². The molecule has 0 aliphatic carbocycles. The molecule has 2 aromatic carbocycles. The lowest BCUT2D eigenvalue weighted by Crippen LogP contribution is -2.27. The van der Waals surface area contributed by atoms with Crippen LogP contribution >= 0.6 is 23.4 Å². The number of rotatable bonds is 4. The molecule has 0 atom stereocenters. The molecule has 8 nitrogen and oxygen atoms in total. The van der Waals surface area contributed by atoms with E-state index in [1.165, 1.54) is 12.1 Å². The molecule has 1 aliphatic heterocycles. The standard InChI is InChI=1S/C18H10ClN3O5S/c19-13-5-12(16(23)14(7-13)22(26)27)6-15-17(24)21(18(25)28-15)9-11-4-2-1-3-10(11)8-20/h1-7,23H,9H2/b15-6+. The van der Waals surface area contributed by atoms with Gasteiger partial charge >= 0.3 is 5.69 Å². The van der Waals surface area contributed by atoms with Gasteiger partial charge in [0.2, 0.25) is 5.75 Å². The number of phenolic OH excluding ortho intramolecular Hbond substituents is 1. The molecule has 0 spiro atoms. The van der Waals surface area contributed by atoms with Crippen LogP contribution in [0.15, 0.2) is 41.3 Å². The highest BCUT2D eigenvalue weighted by molar-refractivity contribution is 8.18. The average molecular weight is 416 g/mol. The van der Waals surface area contributed by atoms with Crippen LogP contribution in [0.4, 0.5) is 10.5 Å². The number of thioether (sulfide) groups is 1. The summed E-state index contributed by atoms with van der Waals surface area (Å²) in [6.45, 7) is -0.0899. The van der Waals surface area contributed by atoms with Crippen molar-refractivity contribution >= 4 is 46.3 Å². The molecule has 10 heteroatoms. The molecule has 28 heavy (non-hydrogen) atoms. The first-order valence-electron chi connectivity index (χ1n) is 7.72. The Balaban J connectivity index is 1.94. The number of amides is 2. The Morgan fingerprint density at radius 1 is 1.32 bits per heavy atom. The molecule has 0 bridgehead atoms. The van der Waals surface area contributed by atoms with Crippen LogP contribution in [0.1, 0.15) is 16.7 Å². The Kier molecular flexibility index (Phi) is 5.35. The lowest BCUT2D eigenvalue weighted by molar-refractivity contribution is -0.385. The number of nitro benzene ring substituents is 1. The Bertz CT molecular complexity index is 1090. The number of hydrogen-bond donors (Lipinski definition) is 1. The van der Waals surface area contributed by atoms with Gasteiger partial charge < -0.3 is 5.11 Å². The van der Waals surface area contributed by atoms with E-state index in [1.54, 1.807) is 24.3 Å². The number of nitrogens with zero attached hydrogens (tertiary/aromatic N) is 3. The van der Waals surface area contributed by atoms with Crippen LogP contribution in [0.5, 0.6) is 5.75 Å². The Hall–Kier alpha value is -3.35. The molecule has 0 saturated carbocycles. The molecule has 1 aliphatic rings. The average Bonchev–Trinajstić information content (AvgIpc) is 2.92. The minimum absolute atomic E-state index is 0.00192. The van der Waals surface area contributed by atoms with Gasteiger partial charge in [-0.15, -0.1) is 0 Å². The van der Waals surface area contributed by atoms with Gasteiger partial charge in [0.25, 0.3) is 11.1 Å². The van der Waals surface area contributed by atoms with Crippen molar-refractivity contribution < 1.29 is 19.6 Å². The number of benzene rings is 2. The van der Waals surface area contributed by atoms with Crippen molar-refractivity contribution in [3.05, 3.63) is 73.1 Å². The van der Waals surface area contributed by atoms with Crippen molar-refractivity contribution in [1.29, 1.82) is 5.26 Å². The van der Waals surface area contributed by atoms with Gasteiger partial charge in [-0.05, 0) is 35.5 Å². The maximum Gasteiger partial charge on any atom is 0.312 e. The number of carbonyl (C=O) groups excluding carboxylic acids is 2. The van der Waals surface area contributed by atoms with Crippen molar-refractivity contribution in [2.75, 3.05) is 0 Å². The highest BCUT2D eigenvalue weighted by atomic mass is 35.5. The summed E-state index contributed by atoms with van der Waals surface area (Å²) in [5, 5.41) is 29.7. The lowest BCUT2D eigenvalue weighted by atomic mass is 10.1. The maximum absolute atomic E-state index is 12.6. The van der Waals surface area contributed by atoms with Crippen LogP contribution in [0.3, 0.4) is 0 Å². The van der Waals surface area contributed by atoms with Crippen LogP contribution in [-0.4, -0.2) is 26.1 Å².